The SMILES string of the molecule is CCOC(=O)C(C)(CCn1ccc2cc(Br)c(F)cc21)S(C)(=O)=O. The van der Waals surface area contributed by atoms with Crippen molar-refractivity contribution in [1.29, 1.82) is 0 Å². The number of fused-ring (bicyclic) bond motifs is 1. The molecule has 2 aromatic rings. The average Bonchev–Trinajstić information content (AvgIpc) is 2.86. The predicted octanol–water partition coefficient (Wildman–Crippen LogP) is 3.30. The standard InChI is InChI=1S/C16H19BrFNO4S/c1-4-23-15(20)16(2,24(3,21)22)6-8-19-7-5-11-9-12(17)13(18)10-14(11)19/h5,7,9-10H,4,6,8H2,1-3H3. The third-order valence-corrected chi connectivity index (χ3v) is 6.78. The normalized spacial score (nSPS) is 14.5. The molecule has 8 heteroatoms. The van der Waals surface area contributed by atoms with Crippen LogP contribution in [0, 0.1) is 5.82 Å². The van der Waals surface area contributed by atoms with Crippen molar-refractivity contribution in [2.24, 2.45) is 0 Å². The van der Waals surface area contributed by atoms with Gasteiger partial charge in [0.25, 0.3) is 0 Å². The number of esters is 1. The molecular formula is C16H19BrFNO4S. The largest absolute Gasteiger partial charge is 0.465 e. The lowest BCUT2D eigenvalue weighted by atomic mass is 10.1. The van der Waals surface area contributed by atoms with Crippen molar-refractivity contribution < 1.29 is 22.3 Å². The zero-order valence-corrected chi connectivity index (χ0v) is 16.1. The first-order chi connectivity index (χ1) is 11.1. The smallest absolute Gasteiger partial charge is 0.327 e. The Morgan fingerprint density at radius 3 is 2.67 bits per heavy atom. The van der Waals surface area contributed by atoms with Gasteiger partial charge in [-0.1, -0.05) is 0 Å². The minimum Gasteiger partial charge on any atom is -0.465 e. The van der Waals surface area contributed by atoms with Crippen molar-refractivity contribution in [2.75, 3.05) is 12.9 Å². The summed E-state index contributed by atoms with van der Waals surface area (Å²) >= 11 is 3.13. The van der Waals surface area contributed by atoms with E-state index in [2.05, 4.69) is 15.9 Å². The number of ether oxygens (including phenoxy) is 1. The number of carbonyl (C=O) groups is 1. The van der Waals surface area contributed by atoms with Crippen molar-refractivity contribution in [2.45, 2.75) is 31.6 Å². The van der Waals surface area contributed by atoms with E-state index < -0.39 is 26.4 Å². The van der Waals surface area contributed by atoms with Crippen LogP contribution >= 0.6 is 15.9 Å². The van der Waals surface area contributed by atoms with Crippen LogP contribution in [0.1, 0.15) is 20.3 Å². The van der Waals surface area contributed by atoms with Crippen LogP contribution in [0.4, 0.5) is 4.39 Å². The Balaban J connectivity index is 2.33. The van der Waals surface area contributed by atoms with Gasteiger partial charge in [-0.25, -0.2) is 12.8 Å². The highest BCUT2D eigenvalue weighted by molar-refractivity contribution is 9.10. The zero-order valence-electron chi connectivity index (χ0n) is 13.7. The van der Waals surface area contributed by atoms with Gasteiger partial charge in [0.05, 0.1) is 16.6 Å². The maximum Gasteiger partial charge on any atom is 0.327 e. The molecule has 0 N–H and O–H groups in total. The van der Waals surface area contributed by atoms with E-state index in [1.54, 1.807) is 23.8 Å². The molecule has 1 heterocycles. The Morgan fingerprint density at radius 1 is 1.42 bits per heavy atom. The van der Waals surface area contributed by atoms with Gasteiger partial charge < -0.3 is 9.30 Å². The van der Waals surface area contributed by atoms with Crippen molar-refractivity contribution in [3.8, 4) is 0 Å². The summed E-state index contributed by atoms with van der Waals surface area (Å²) in [5.74, 6) is -1.17. The molecule has 0 bridgehead atoms. The highest BCUT2D eigenvalue weighted by Crippen LogP contribution is 2.27. The summed E-state index contributed by atoms with van der Waals surface area (Å²) < 4.78 is 43.4. The van der Waals surface area contributed by atoms with E-state index in [1.807, 2.05) is 6.07 Å². The van der Waals surface area contributed by atoms with Crippen LogP contribution in [0.25, 0.3) is 10.9 Å². The van der Waals surface area contributed by atoms with Crippen LogP contribution in [0.15, 0.2) is 28.9 Å². The van der Waals surface area contributed by atoms with E-state index in [0.29, 0.717) is 9.99 Å². The van der Waals surface area contributed by atoms with Crippen molar-refractivity contribution in [3.63, 3.8) is 0 Å². The van der Waals surface area contributed by atoms with Gasteiger partial charge in [-0.2, -0.15) is 0 Å². The summed E-state index contributed by atoms with van der Waals surface area (Å²) in [5.41, 5.74) is 0.635. The Labute approximate surface area is 148 Å². The van der Waals surface area contributed by atoms with Gasteiger partial charge in [0.2, 0.25) is 0 Å². The second-order valence-corrected chi connectivity index (χ2v) is 9.11. The van der Waals surface area contributed by atoms with Crippen molar-refractivity contribution in [3.05, 3.63) is 34.7 Å². The number of carbonyl (C=O) groups excluding carboxylic acids is 1. The first-order valence-electron chi connectivity index (χ1n) is 7.41. The monoisotopic (exact) mass is 419 g/mol. The zero-order chi connectivity index (χ0) is 18.1. The molecular weight excluding hydrogens is 401 g/mol. The lowest BCUT2D eigenvalue weighted by Gasteiger charge is -2.25. The van der Waals surface area contributed by atoms with E-state index in [9.17, 15) is 17.6 Å². The number of benzene rings is 1. The van der Waals surface area contributed by atoms with E-state index in [0.717, 1.165) is 11.6 Å². The van der Waals surface area contributed by atoms with Gasteiger partial charge in [-0.3, -0.25) is 4.79 Å². The fourth-order valence-corrected chi connectivity index (χ4v) is 3.62. The lowest BCUT2D eigenvalue weighted by molar-refractivity contribution is -0.146. The van der Waals surface area contributed by atoms with E-state index in [4.69, 9.17) is 4.74 Å². The highest BCUT2D eigenvalue weighted by atomic mass is 79.9. The molecule has 1 atom stereocenters. The summed E-state index contributed by atoms with van der Waals surface area (Å²) in [7, 11) is -3.68. The highest BCUT2D eigenvalue weighted by Gasteiger charge is 2.44. The lowest BCUT2D eigenvalue weighted by Crippen LogP contribution is -2.45. The Kier molecular flexibility index (Phi) is 5.39. The summed E-state index contributed by atoms with van der Waals surface area (Å²) in [4.78, 5) is 12.2. The molecule has 0 radical (unpaired) electrons. The molecule has 0 saturated heterocycles. The van der Waals surface area contributed by atoms with Crippen LogP contribution in [-0.2, 0) is 25.9 Å². The Morgan fingerprint density at radius 2 is 2.08 bits per heavy atom. The molecule has 0 aliphatic heterocycles. The second-order valence-electron chi connectivity index (χ2n) is 5.81. The van der Waals surface area contributed by atoms with Gasteiger partial charge in [-0.05, 0) is 54.4 Å². The minimum absolute atomic E-state index is 0.0339. The number of halogens is 2. The van der Waals surface area contributed by atoms with Crippen molar-refractivity contribution >= 4 is 42.6 Å². The maximum absolute atomic E-state index is 13.8. The fraction of sp³-hybridized carbons (Fsp3) is 0.438. The fourth-order valence-electron chi connectivity index (χ4n) is 2.44. The number of sulfone groups is 1. The van der Waals surface area contributed by atoms with Gasteiger partial charge in [0, 0.05) is 24.4 Å². The summed E-state index contributed by atoms with van der Waals surface area (Å²) in [6.07, 6.45) is 2.80. The number of aryl methyl sites for hydroxylation is 1. The van der Waals surface area contributed by atoms with Crippen LogP contribution in [0.5, 0.6) is 0 Å². The summed E-state index contributed by atoms with van der Waals surface area (Å²) in [5, 5.41) is 0.820. The average molecular weight is 420 g/mol. The van der Waals surface area contributed by atoms with Crippen LogP contribution in [-0.4, -0.2) is 36.6 Å². The third-order valence-electron chi connectivity index (χ3n) is 4.17. The number of aromatic nitrogens is 1. The van der Waals surface area contributed by atoms with E-state index in [1.165, 1.54) is 13.0 Å². The molecule has 0 spiro atoms. The summed E-state index contributed by atoms with van der Waals surface area (Å²) in [6.45, 7) is 3.34. The molecule has 132 valence electrons. The Bertz CT molecular complexity index is 878. The van der Waals surface area contributed by atoms with Gasteiger partial charge in [0.15, 0.2) is 14.6 Å². The molecule has 0 aliphatic rings. The number of hydrogen-bond acceptors (Lipinski definition) is 4. The minimum atomic E-state index is -3.68. The molecule has 0 saturated carbocycles. The van der Waals surface area contributed by atoms with Gasteiger partial charge in [0.1, 0.15) is 5.82 Å². The number of hydrogen-bond donors (Lipinski definition) is 0. The molecule has 0 amide bonds. The predicted molar refractivity (Wildman–Crippen MR) is 94.1 cm³/mol. The molecule has 5 nitrogen and oxygen atoms in total. The molecule has 1 aromatic heterocycles. The van der Waals surface area contributed by atoms with E-state index >= 15 is 0 Å². The third kappa shape index (κ3) is 3.49. The molecule has 2 rings (SSSR count). The molecule has 0 aliphatic carbocycles. The topological polar surface area (TPSA) is 65.4 Å². The van der Waals surface area contributed by atoms with Gasteiger partial charge in [-0.15, -0.1) is 0 Å². The van der Waals surface area contributed by atoms with Crippen LogP contribution < -0.4 is 0 Å². The summed E-state index contributed by atoms with van der Waals surface area (Å²) in [6, 6.07) is 4.84. The quantitative estimate of drug-likeness (QED) is 0.673. The maximum atomic E-state index is 13.8. The second kappa shape index (κ2) is 6.84. The molecule has 1 aromatic carbocycles. The van der Waals surface area contributed by atoms with Gasteiger partial charge >= 0.3 is 5.97 Å². The first-order valence-corrected chi connectivity index (χ1v) is 10.1. The molecule has 1 unspecified atom stereocenters. The van der Waals surface area contributed by atoms with Crippen LogP contribution in [0.2, 0.25) is 0 Å². The van der Waals surface area contributed by atoms with E-state index in [-0.39, 0.29) is 19.6 Å². The van der Waals surface area contributed by atoms with Crippen molar-refractivity contribution in [1.82, 2.24) is 4.57 Å². The Hall–Kier alpha value is -1.41. The molecule has 24 heavy (non-hydrogen) atoms. The number of rotatable bonds is 6. The first kappa shape index (κ1) is 18.9. The molecule has 0 fully saturated rings. The number of nitrogens with zero attached hydrogens (tertiary/aromatic N) is 1. The van der Waals surface area contributed by atoms with Crippen LogP contribution in [0.3, 0.4) is 0 Å².